The third-order valence-electron chi connectivity index (χ3n) is 1.73. The van der Waals surface area contributed by atoms with Crippen LogP contribution in [0.3, 0.4) is 0 Å². The molecular weight excluding hydrogens is 142 g/mol. The van der Waals surface area contributed by atoms with Gasteiger partial charge in [0.05, 0.1) is 19.5 Å². The molecule has 0 aromatic heterocycles. The van der Waals surface area contributed by atoms with Gasteiger partial charge in [-0.1, -0.05) is 6.92 Å². The second kappa shape index (κ2) is 3.62. The quantitative estimate of drug-likeness (QED) is 0.536. The van der Waals surface area contributed by atoms with Crippen molar-refractivity contribution >= 4 is 11.6 Å². The average Bonchev–Trinajstić information content (AvgIpc) is 1.85. The van der Waals surface area contributed by atoms with Crippen molar-refractivity contribution in [3.05, 3.63) is 0 Å². The maximum atomic E-state index is 10.9. The molecule has 0 aliphatic carbocycles. The molecule has 62 valence electrons. The molecule has 1 heterocycles. The molecule has 0 aromatic rings. The molecule has 3 heteroatoms. The lowest BCUT2D eigenvalue weighted by molar-refractivity contribution is -0.132. The summed E-state index contributed by atoms with van der Waals surface area (Å²) < 4.78 is 0. The zero-order valence-corrected chi connectivity index (χ0v) is 6.80. The van der Waals surface area contributed by atoms with Crippen LogP contribution in [-0.2, 0) is 9.59 Å². The first-order valence-corrected chi connectivity index (χ1v) is 3.98. The standard InChI is InChI=1S/C8H13NO2/c1-2-3-9-5-7(10)4-8(11)6-9/h2-6H2,1H3. The number of nitrogens with zero attached hydrogens (tertiary/aromatic N) is 1. The van der Waals surface area contributed by atoms with Crippen molar-refractivity contribution in [1.82, 2.24) is 4.90 Å². The van der Waals surface area contributed by atoms with E-state index in [1.807, 2.05) is 11.8 Å². The van der Waals surface area contributed by atoms with E-state index in [-0.39, 0.29) is 18.0 Å². The average molecular weight is 155 g/mol. The molecule has 0 unspecified atom stereocenters. The predicted molar refractivity (Wildman–Crippen MR) is 41.4 cm³/mol. The summed E-state index contributed by atoms with van der Waals surface area (Å²) >= 11 is 0. The van der Waals surface area contributed by atoms with E-state index in [9.17, 15) is 9.59 Å². The van der Waals surface area contributed by atoms with Crippen LogP contribution in [0, 0.1) is 0 Å². The molecule has 0 amide bonds. The van der Waals surface area contributed by atoms with Gasteiger partial charge in [-0.15, -0.1) is 0 Å². The van der Waals surface area contributed by atoms with Gasteiger partial charge in [0.25, 0.3) is 0 Å². The molecule has 11 heavy (non-hydrogen) atoms. The normalized spacial score (nSPS) is 20.8. The predicted octanol–water partition coefficient (Wildman–Crippen LogP) is 0.240. The molecular formula is C8H13NO2. The number of carbonyl (C=O) groups excluding carboxylic acids is 2. The van der Waals surface area contributed by atoms with Gasteiger partial charge in [-0.05, 0) is 13.0 Å². The smallest absolute Gasteiger partial charge is 0.154 e. The molecule has 0 aromatic carbocycles. The fraction of sp³-hybridized carbons (Fsp3) is 0.750. The number of rotatable bonds is 2. The number of hydrogen-bond acceptors (Lipinski definition) is 3. The molecule has 0 spiro atoms. The van der Waals surface area contributed by atoms with E-state index >= 15 is 0 Å². The van der Waals surface area contributed by atoms with Gasteiger partial charge >= 0.3 is 0 Å². The molecule has 1 saturated heterocycles. The van der Waals surface area contributed by atoms with Crippen molar-refractivity contribution in [1.29, 1.82) is 0 Å². The van der Waals surface area contributed by atoms with Crippen LogP contribution in [0.2, 0.25) is 0 Å². The van der Waals surface area contributed by atoms with Crippen molar-refractivity contribution < 1.29 is 9.59 Å². The lowest BCUT2D eigenvalue weighted by Crippen LogP contribution is -2.41. The number of likely N-dealkylation sites (tertiary alicyclic amines) is 1. The van der Waals surface area contributed by atoms with Crippen LogP contribution in [0.5, 0.6) is 0 Å². The van der Waals surface area contributed by atoms with Crippen LogP contribution in [0.4, 0.5) is 0 Å². The minimum atomic E-state index is 0.0645. The van der Waals surface area contributed by atoms with Gasteiger partial charge in [-0.2, -0.15) is 0 Å². The van der Waals surface area contributed by atoms with Crippen molar-refractivity contribution in [2.24, 2.45) is 0 Å². The van der Waals surface area contributed by atoms with Gasteiger partial charge in [0.15, 0.2) is 11.6 Å². The molecule has 0 bridgehead atoms. The van der Waals surface area contributed by atoms with Crippen molar-refractivity contribution in [2.75, 3.05) is 19.6 Å². The van der Waals surface area contributed by atoms with E-state index in [0.29, 0.717) is 13.1 Å². The van der Waals surface area contributed by atoms with Gasteiger partial charge in [0.2, 0.25) is 0 Å². The highest BCUT2D eigenvalue weighted by Gasteiger charge is 2.21. The fourth-order valence-electron chi connectivity index (χ4n) is 1.36. The molecule has 0 radical (unpaired) electrons. The minimum absolute atomic E-state index is 0.0645. The Labute approximate surface area is 66.4 Å². The summed E-state index contributed by atoms with van der Waals surface area (Å²) in [6, 6.07) is 0. The zero-order valence-electron chi connectivity index (χ0n) is 6.80. The molecule has 3 nitrogen and oxygen atoms in total. The Bertz CT molecular complexity index is 161. The number of carbonyl (C=O) groups is 2. The van der Waals surface area contributed by atoms with E-state index in [1.54, 1.807) is 0 Å². The van der Waals surface area contributed by atoms with E-state index in [4.69, 9.17) is 0 Å². The second-order valence-corrected chi connectivity index (χ2v) is 2.96. The van der Waals surface area contributed by atoms with Crippen LogP contribution in [0.15, 0.2) is 0 Å². The Hall–Kier alpha value is -0.700. The summed E-state index contributed by atoms with van der Waals surface area (Å²) in [6.07, 6.45) is 1.15. The summed E-state index contributed by atoms with van der Waals surface area (Å²) in [5, 5.41) is 0. The number of ketones is 2. The van der Waals surface area contributed by atoms with Crippen molar-refractivity contribution in [3.63, 3.8) is 0 Å². The highest BCUT2D eigenvalue weighted by Crippen LogP contribution is 2.02. The molecule has 1 aliphatic rings. The van der Waals surface area contributed by atoms with E-state index in [0.717, 1.165) is 13.0 Å². The van der Waals surface area contributed by atoms with Gasteiger partial charge in [-0.3, -0.25) is 14.5 Å². The Morgan fingerprint density at radius 1 is 1.27 bits per heavy atom. The number of Topliss-reactive ketones (excluding diaryl/α,β-unsaturated/α-hetero) is 2. The van der Waals surface area contributed by atoms with E-state index in [1.165, 1.54) is 0 Å². The fourth-order valence-corrected chi connectivity index (χ4v) is 1.36. The monoisotopic (exact) mass is 155 g/mol. The molecule has 1 rings (SSSR count). The van der Waals surface area contributed by atoms with Crippen LogP contribution < -0.4 is 0 Å². The first kappa shape index (κ1) is 8.40. The first-order valence-electron chi connectivity index (χ1n) is 3.98. The maximum absolute atomic E-state index is 10.9. The summed E-state index contributed by atoms with van der Waals surface area (Å²) in [5.74, 6) is 0.129. The lowest BCUT2D eigenvalue weighted by atomic mass is 10.1. The third kappa shape index (κ3) is 2.42. The first-order chi connectivity index (χ1) is 5.22. The second-order valence-electron chi connectivity index (χ2n) is 2.96. The number of hydrogen-bond donors (Lipinski definition) is 0. The van der Waals surface area contributed by atoms with Gasteiger partial charge in [-0.25, -0.2) is 0 Å². The molecule has 1 aliphatic heterocycles. The molecule has 0 saturated carbocycles. The van der Waals surface area contributed by atoms with Crippen LogP contribution >= 0.6 is 0 Å². The van der Waals surface area contributed by atoms with Crippen LogP contribution in [0.25, 0.3) is 0 Å². The highest BCUT2D eigenvalue weighted by atomic mass is 16.2. The SMILES string of the molecule is CCCN1CC(=O)CC(=O)C1. The Morgan fingerprint density at radius 3 is 2.27 bits per heavy atom. The molecule has 0 N–H and O–H groups in total. The third-order valence-corrected chi connectivity index (χ3v) is 1.73. The Kier molecular flexibility index (Phi) is 2.76. The van der Waals surface area contributed by atoms with Crippen molar-refractivity contribution in [2.45, 2.75) is 19.8 Å². The Morgan fingerprint density at radius 2 is 1.82 bits per heavy atom. The largest absolute Gasteiger partial charge is 0.298 e. The highest BCUT2D eigenvalue weighted by molar-refractivity contribution is 6.02. The van der Waals surface area contributed by atoms with Gasteiger partial charge in [0.1, 0.15) is 0 Å². The minimum Gasteiger partial charge on any atom is -0.298 e. The van der Waals surface area contributed by atoms with Crippen LogP contribution in [0.1, 0.15) is 19.8 Å². The summed E-state index contributed by atoms with van der Waals surface area (Å²) in [6.45, 7) is 3.85. The topological polar surface area (TPSA) is 37.4 Å². The maximum Gasteiger partial charge on any atom is 0.154 e. The number of piperidine rings is 1. The summed E-state index contributed by atoms with van der Waals surface area (Å²) in [4.78, 5) is 23.7. The van der Waals surface area contributed by atoms with Gasteiger partial charge < -0.3 is 0 Å². The van der Waals surface area contributed by atoms with E-state index < -0.39 is 0 Å². The zero-order chi connectivity index (χ0) is 8.27. The molecule has 0 atom stereocenters. The van der Waals surface area contributed by atoms with E-state index in [2.05, 4.69) is 0 Å². The van der Waals surface area contributed by atoms with Gasteiger partial charge in [0, 0.05) is 0 Å². The van der Waals surface area contributed by atoms with Crippen LogP contribution in [-0.4, -0.2) is 36.1 Å². The Balaban J connectivity index is 2.43. The summed E-state index contributed by atoms with van der Waals surface area (Å²) in [7, 11) is 0. The summed E-state index contributed by atoms with van der Waals surface area (Å²) in [5.41, 5.74) is 0. The molecule has 1 fully saturated rings. The van der Waals surface area contributed by atoms with Crippen molar-refractivity contribution in [3.8, 4) is 0 Å². The lowest BCUT2D eigenvalue weighted by Gasteiger charge is -2.23.